The molecule has 0 spiro atoms. The maximum Gasteiger partial charge on any atom is 0.305 e. The first-order valence-electron chi connectivity index (χ1n) is 7.75. The number of aromatic nitrogens is 2. The van der Waals surface area contributed by atoms with Crippen molar-refractivity contribution in [3.8, 4) is 0 Å². The van der Waals surface area contributed by atoms with E-state index in [0.717, 1.165) is 25.7 Å². The molecule has 0 aromatic carbocycles. The predicted molar refractivity (Wildman–Crippen MR) is 78.3 cm³/mol. The molecule has 22 heavy (non-hydrogen) atoms. The van der Waals surface area contributed by atoms with E-state index in [9.17, 15) is 9.59 Å². The minimum Gasteiger partial charge on any atom is -0.481 e. The van der Waals surface area contributed by atoms with E-state index in [1.165, 1.54) is 0 Å². The number of nitrogens with zero attached hydrogens (tertiary/aromatic N) is 2. The Morgan fingerprint density at radius 1 is 1.36 bits per heavy atom. The molecule has 1 aliphatic rings. The number of rotatable bonds is 7. The standard InChI is InChI=1S/C15H23N3O4/c1-10(2)14-16-12(22-18-14)6-5-11(19)17-15(9-13(20)21)7-3-4-8-15/h10H,3-9H2,1-2H3,(H,17,19)(H,20,21). The Morgan fingerprint density at radius 2 is 2.05 bits per heavy atom. The average molecular weight is 309 g/mol. The number of aryl methyl sites for hydroxylation is 1. The van der Waals surface area contributed by atoms with Crippen molar-refractivity contribution in [3.63, 3.8) is 0 Å². The number of nitrogens with one attached hydrogen (secondary N) is 1. The first kappa shape index (κ1) is 16.5. The molecule has 1 amide bonds. The molecule has 1 aromatic rings. The van der Waals surface area contributed by atoms with Crippen LogP contribution in [0.2, 0.25) is 0 Å². The molecule has 2 rings (SSSR count). The van der Waals surface area contributed by atoms with Gasteiger partial charge in [0, 0.05) is 18.8 Å². The van der Waals surface area contributed by atoms with Gasteiger partial charge in [0.1, 0.15) is 0 Å². The molecule has 1 aromatic heterocycles. The Balaban J connectivity index is 1.87. The molecular weight excluding hydrogens is 286 g/mol. The molecule has 0 aliphatic heterocycles. The number of carbonyl (C=O) groups excluding carboxylic acids is 1. The van der Waals surface area contributed by atoms with Gasteiger partial charge in [-0.25, -0.2) is 0 Å². The van der Waals surface area contributed by atoms with E-state index >= 15 is 0 Å². The summed E-state index contributed by atoms with van der Waals surface area (Å²) < 4.78 is 5.10. The van der Waals surface area contributed by atoms with Crippen molar-refractivity contribution in [1.82, 2.24) is 15.5 Å². The van der Waals surface area contributed by atoms with Crippen LogP contribution in [0.4, 0.5) is 0 Å². The van der Waals surface area contributed by atoms with Crippen LogP contribution < -0.4 is 5.32 Å². The molecule has 1 fully saturated rings. The van der Waals surface area contributed by atoms with Gasteiger partial charge in [0.2, 0.25) is 11.8 Å². The molecular formula is C15H23N3O4. The third kappa shape index (κ3) is 4.29. The van der Waals surface area contributed by atoms with Gasteiger partial charge in [0.05, 0.1) is 12.0 Å². The Hall–Kier alpha value is -1.92. The molecule has 0 unspecified atom stereocenters. The second-order valence-electron chi connectivity index (χ2n) is 6.31. The number of aliphatic carboxylic acids is 1. The highest BCUT2D eigenvalue weighted by Gasteiger charge is 2.37. The summed E-state index contributed by atoms with van der Waals surface area (Å²) in [5.74, 6) is 0.225. The van der Waals surface area contributed by atoms with Crippen LogP contribution in [0.3, 0.4) is 0 Å². The molecule has 0 atom stereocenters. The lowest BCUT2D eigenvalue weighted by Gasteiger charge is -2.28. The van der Waals surface area contributed by atoms with Gasteiger partial charge < -0.3 is 14.9 Å². The van der Waals surface area contributed by atoms with Gasteiger partial charge in [-0.1, -0.05) is 31.8 Å². The van der Waals surface area contributed by atoms with Gasteiger partial charge >= 0.3 is 5.97 Å². The summed E-state index contributed by atoms with van der Waals surface area (Å²) in [7, 11) is 0. The molecule has 1 saturated carbocycles. The van der Waals surface area contributed by atoms with Crippen LogP contribution in [0.1, 0.15) is 70.0 Å². The molecule has 7 nitrogen and oxygen atoms in total. The summed E-state index contributed by atoms with van der Waals surface area (Å²) in [4.78, 5) is 27.3. The summed E-state index contributed by atoms with van der Waals surface area (Å²) in [6, 6.07) is 0. The van der Waals surface area contributed by atoms with Crippen LogP contribution in [0, 0.1) is 0 Å². The van der Waals surface area contributed by atoms with E-state index in [4.69, 9.17) is 9.63 Å². The summed E-state index contributed by atoms with van der Waals surface area (Å²) in [5, 5.41) is 15.8. The van der Waals surface area contributed by atoms with Crippen LogP contribution >= 0.6 is 0 Å². The van der Waals surface area contributed by atoms with Crippen molar-refractivity contribution in [2.45, 2.75) is 70.3 Å². The van der Waals surface area contributed by atoms with Crippen molar-refractivity contribution in [3.05, 3.63) is 11.7 Å². The lowest BCUT2D eigenvalue weighted by atomic mass is 9.93. The minimum atomic E-state index is -0.874. The third-order valence-electron chi connectivity index (χ3n) is 4.02. The van der Waals surface area contributed by atoms with E-state index in [2.05, 4.69) is 15.5 Å². The fourth-order valence-electron chi connectivity index (χ4n) is 2.87. The van der Waals surface area contributed by atoms with Crippen molar-refractivity contribution in [1.29, 1.82) is 0 Å². The number of carbonyl (C=O) groups is 2. The lowest BCUT2D eigenvalue weighted by molar-refractivity contribution is -0.139. The summed E-state index contributed by atoms with van der Waals surface area (Å²) in [6.07, 6.45) is 3.93. The van der Waals surface area contributed by atoms with Gasteiger partial charge in [0.25, 0.3) is 0 Å². The monoisotopic (exact) mass is 309 g/mol. The van der Waals surface area contributed by atoms with Crippen LogP contribution in [-0.4, -0.2) is 32.7 Å². The zero-order valence-corrected chi connectivity index (χ0v) is 13.1. The number of carboxylic acids is 1. The molecule has 122 valence electrons. The Labute approximate surface area is 129 Å². The highest BCUT2D eigenvalue weighted by molar-refractivity contribution is 5.78. The van der Waals surface area contributed by atoms with Crippen LogP contribution in [0.5, 0.6) is 0 Å². The van der Waals surface area contributed by atoms with E-state index in [1.807, 2.05) is 13.8 Å². The number of amides is 1. The highest BCUT2D eigenvalue weighted by atomic mass is 16.5. The number of carboxylic acid groups (broad SMARTS) is 1. The smallest absolute Gasteiger partial charge is 0.305 e. The molecule has 0 radical (unpaired) electrons. The SMILES string of the molecule is CC(C)c1noc(CCC(=O)NC2(CC(=O)O)CCCC2)n1. The Bertz CT molecular complexity index is 533. The largest absolute Gasteiger partial charge is 0.481 e. The molecule has 2 N–H and O–H groups in total. The summed E-state index contributed by atoms with van der Waals surface area (Å²) in [5.41, 5.74) is -0.582. The van der Waals surface area contributed by atoms with Crippen molar-refractivity contribution < 1.29 is 19.2 Å². The molecule has 1 heterocycles. The second kappa shape index (κ2) is 6.89. The van der Waals surface area contributed by atoms with Gasteiger partial charge in [-0.05, 0) is 12.8 Å². The quantitative estimate of drug-likeness (QED) is 0.798. The zero-order valence-electron chi connectivity index (χ0n) is 13.1. The van der Waals surface area contributed by atoms with Gasteiger partial charge in [-0.3, -0.25) is 9.59 Å². The predicted octanol–water partition coefficient (Wildman–Crippen LogP) is 2.03. The van der Waals surface area contributed by atoms with E-state index < -0.39 is 11.5 Å². The normalized spacial score (nSPS) is 16.9. The summed E-state index contributed by atoms with van der Waals surface area (Å²) >= 11 is 0. The van der Waals surface area contributed by atoms with Crippen LogP contribution in [-0.2, 0) is 16.0 Å². The third-order valence-corrected chi connectivity index (χ3v) is 4.02. The lowest BCUT2D eigenvalue weighted by Crippen LogP contribution is -2.47. The first-order chi connectivity index (χ1) is 10.4. The van der Waals surface area contributed by atoms with Crippen LogP contribution in [0.15, 0.2) is 4.52 Å². The Kier molecular flexibility index (Phi) is 5.15. The molecule has 7 heteroatoms. The van der Waals surface area contributed by atoms with Gasteiger partial charge in [-0.15, -0.1) is 0 Å². The maximum absolute atomic E-state index is 12.1. The Morgan fingerprint density at radius 3 is 2.59 bits per heavy atom. The van der Waals surface area contributed by atoms with Gasteiger partial charge in [0.15, 0.2) is 5.82 Å². The first-order valence-corrected chi connectivity index (χ1v) is 7.75. The van der Waals surface area contributed by atoms with E-state index in [1.54, 1.807) is 0 Å². The van der Waals surface area contributed by atoms with E-state index in [-0.39, 0.29) is 24.7 Å². The summed E-state index contributed by atoms with van der Waals surface area (Å²) in [6.45, 7) is 3.94. The number of hydrogen-bond acceptors (Lipinski definition) is 5. The number of hydrogen-bond donors (Lipinski definition) is 2. The van der Waals surface area contributed by atoms with Crippen molar-refractivity contribution in [2.24, 2.45) is 0 Å². The van der Waals surface area contributed by atoms with Gasteiger partial charge in [-0.2, -0.15) is 4.98 Å². The fraction of sp³-hybridized carbons (Fsp3) is 0.733. The molecule has 1 aliphatic carbocycles. The highest BCUT2D eigenvalue weighted by Crippen LogP contribution is 2.32. The van der Waals surface area contributed by atoms with Crippen LogP contribution in [0.25, 0.3) is 0 Å². The van der Waals surface area contributed by atoms with Crippen molar-refractivity contribution >= 4 is 11.9 Å². The van der Waals surface area contributed by atoms with E-state index in [0.29, 0.717) is 18.1 Å². The topological polar surface area (TPSA) is 105 Å². The fourth-order valence-corrected chi connectivity index (χ4v) is 2.87. The average Bonchev–Trinajstić information content (AvgIpc) is 3.05. The molecule has 0 saturated heterocycles. The second-order valence-corrected chi connectivity index (χ2v) is 6.31. The minimum absolute atomic E-state index is 0.0171. The zero-order chi connectivity index (χ0) is 16.2. The molecule has 0 bridgehead atoms. The maximum atomic E-state index is 12.1. The van der Waals surface area contributed by atoms with Crippen molar-refractivity contribution in [2.75, 3.05) is 0 Å².